The molecular formula is C14H15NO2. The molecule has 0 aliphatic carbocycles. The molecule has 17 heavy (non-hydrogen) atoms. The number of benzene rings is 2. The van der Waals surface area contributed by atoms with Gasteiger partial charge in [-0.3, -0.25) is 0 Å². The summed E-state index contributed by atoms with van der Waals surface area (Å²) in [5.41, 5.74) is 8.62. The lowest BCUT2D eigenvalue weighted by Gasteiger charge is -2.14. The van der Waals surface area contributed by atoms with E-state index in [1.165, 1.54) is 12.1 Å². The molecule has 2 rings (SSSR count). The molecule has 0 amide bonds. The molecule has 1 unspecified atom stereocenters. The van der Waals surface area contributed by atoms with Crippen LogP contribution in [0.25, 0.3) is 0 Å². The Bertz CT molecular complexity index is 537. The van der Waals surface area contributed by atoms with Gasteiger partial charge in [0.25, 0.3) is 0 Å². The predicted octanol–water partition coefficient (Wildman–Crippen LogP) is 2.36. The molecule has 0 aromatic heterocycles. The third-order valence-electron chi connectivity index (χ3n) is 2.72. The number of aromatic hydroxyl groups is 1. The van der Waals surface area contributed by atoms with E-state index in [0.29, 0.717) is 11.3 Å². The van der Waals surface area contributed by atoms with Crippen molar-refractivity contribution in [2.24, 2.45) is 0 Å². The highest BCUT2D eigenvalue weighted by molar-refractivity contribution is 5.53. The second-order valence-corrected chi connectivity index (χ2v) is 4.13. The summed E-state index contributed by atoms with van der Waals surface area (Å²) in [5.74, 6) is 0.0981. The second-order valence-electron chi connectivity index (χ2n) is 4.13. The molecule has 0 spiro atoms. The van der Waals surface area contributed by atoms with Crippen molar-refractivity contribution >= 4 is 5.69 Å². The van der Waals surface area contributed by atoms with Crippen LogP contribution in [0.3, 0.4) is 0 Å². The molecular weight excluding hydrogens is 214 g/mol. The summed E-state index contributed by atoms with van der Waals surface area (Å²) >= 11 is 0. The first-order valence-corrected chi connectivity index (χ1v) is 5.41. The van der Waals surface area contributed by atoms with Crippen LogP contribution < -0.4 is 5.73 Å². The summed E-state index contributed by atoms with van der Waals surface area (Å²) in [7, 11) is 0. The van der Waals surface area contributed by atoms with E-state index in [0.717, 1.165) is 11.1 Å². The molecule has 1 atom stereocenters. The van der Waals surface area contributed by atoms with Crippen molar-refractivity contribution in [1.29, 1.82) is 0 Å². The number of aliphatic hydroxyl groups excluding tert-OH is 1. The minimum atomic E-state index is -0.818. The van der Waals surface area contributed by atoms with Gasteiger partial charge in [0.15, 0.2) is 0 Å². The first-order chi connectivity index (χ1) is 8.08. The first-order valence-electron chi connectivity index (χ1n) is 5.41. The molecule has 0 aliphatic heterocycles. The third kappa shape index (κ3) is 2.40. The fourth-order valence-electron chi connectivity index (χ4n) is 1.82. The topological polar surface area (TPSA) is 66.5 Å². The van der Waals surface area contributed by atoms with Gasteiger partial charge in [0, 0.05) is 11.3 Å². The fraction of sp³-hybridized carbons (Fsp3) is 0.143. The number of anilines is 1. The van der Waals surface area contributed by atoms with Crippen molar-refractivity contribution in [2.45, 2.75) is 13.0 Å². The smallest absolute Gasteiger partial charge is 0.116 e. The number of hydrogen-bond donors (Lipinski definition) is 3. The van der Waals surface area contributed by atoms with Gasteiger partial charge in [0.05, 0.1) is 0 Å². The highest BCUT2D eigenvalue weighted by Crippen LogP contribution is 2.29. The summed E-state index contributed by atoms with van der Waals surface area (Å²) in [6, 6.07) is 12.2. The lowest BCUT2D eigenvalue weighted by Crippen LogP contribution is -2.03. The Hall–Kier alpha value is -2.00. The van der Waals surface area contributed by atoms with Gasteiger partial charge in [0.2, 0.25) is 0 Å². The van der Waals surface area contributed by atoms with Gasteiger partial charge >= 0.3 is 0 Å². The number of nitrogens with two attached hydrogens (primary N) is 1. The SMILES string of the molecule is Cc1cccc(C(O)c2cc(O)ccc2N)c1. The maximum absolute atomic E-state index is 10.2. The van der Waals surface area contributed by atoms with Gasteiger partial charge < -0.3 is 15.9 Å². The number of hydrogen-bond acceptors (Lipinski definition) is 3. The van der Waals surface area contributed by atoms with Crippen molar-refractivity contribution in [3.63, 3.8) is 0 Å². The number of rotatable bonds is 2. The van der Waals surface area contributed by atoms with Gasteiger partial charge in [0.1, 0.15) is 11.9 Å². The van der Waals surface area contributed by atoms with E-state index in [4.69, 9.17) is 5.73 Å². The summed E-state index contributed by atoms with van der Waals surface area (Å²) in [6.45, 7) is 1.96. The molecule has 0 radical (unpaired) electrons. The second kappa shape index (κ2) is 4.47. The van der Waals surface area contributed by atoms with Crippen LogP contribution in [0.2, 0.25) is 0 Å². The van der Waals surface area contributed by atoms with Crippen LogP contribution in [0.4, 0.5) is 5.69 Å². The molecule has 0 heterocycles. The van der Waals surface area contributed by atoms with Crippen LogP contribution in [-0.4, -0.2) is 10.2 Å². The first kappa shape index (κ1) is 11.5. The average molecular weight is 229 g/mol. The van der Waals surface area contributed by atoms with E-state index in [1.807, 2.05) is 31.2 Å². The summed E-state index contributed by atoms with van der Waals surface area (Å²) in [5, 5.41) is 19.7. The Morgan fingerprint density at radius 2 is 1.88 bits per heavy atom. The van der Waals surface area contributed by atoms with Crippen LogP contribution in [0.15, 0.2) is 42.5 Å². The Morgan fingerprint density at radius 3 is 2.59 bits per heavy atom. The van der Waals surface area contributed by atoms with E-state index in [1.54, 1.807) is 6.07 Å². The average Bonchev–Trinajstić information content (AvgIpc) is 2.31. The molecule has 3 nitrogen and oxygen atoms in total. The molecule has 2 aromatic rings. The molecule has 0 saturated carbocycles. The number of phenolic OH excluding ortho intramolecular Hbond substituents is 1. The number of nitrogen functional groups attached to an aromatic ring is 1. The normalized spacial score (nSPS) is 12.4. The zero-order valence-electron chi connectivity index (χ0n) is 9.59. The Morgan fingerprint density at radius 1 is 1.12 bits per heavy atom. The third-order valence-corrected chi connectivity index (χ3v) is 2.72. The Balaban J connectivity index is 2.43. The lowest BCUT2D eigenvalue weighted by atomic mass is 9.98. The number of phenols is 1. The maximum Gasteiger partial charge on any atom is 0.116 e. The van der Waals surface area contributed by atoms with Crippen molar-refractivity contribution in [3.05, 3.63) is 59.2 Å². The zero-order valence-corrected chi connectivity index (χ0v) is 9.59. The van der Waals surface area contributed by atoms with E-state index >= 15 is 0 Å². The predicted molar refractivity (Wildman–Crippen MR) is 67.8 cm³/mol. The molecule has 0 fully saturated rings. The lowest BCUT2D eigenvalue weighted by molar-refractivity contribution is 0.220. The minimum Gasteiger partial charge on any atom is -0.508 e. The fourth-order valence-corrected chi connectivity index (χ4v) is 1.82. The van der Waals surface area contributed by atoms with Crippen molar-refractivity contribution < 1.29 is 10.2 Å². The Labute approximate surface area is 100 Å². The largest absolute Gasteiger partial charge is 0.508 e. The minimum absolute atomic E-state index is 0.0981. The van der Waals surface area contributed by atoms with E-state index in [9.17, 15) is 10.2 Å². The van der Waals surface area contributed by atoms with E-state index in [2.05, 4.69) is 0 Å². The van der Waals surface area contributed by atoms with Crippen LogP contribution in [0, 0.1) is 6.92 Å². The molecule has 0 saturated heterocycles. The van der Waals surface area contributed by atoms with Crippen LogP contribution in [-0.2, 0) is 0 Å². The van der Waals surface area contributed by atoms with Crippen LogP contribution in [0.1, 0.15) is 22.8 Å². The molecule has 88 valence electrons. The molecule has 0 aliphatic rings. The molecule has 0 bridgehead atoms. The van der Waals surface area contributed by atoms with Gasteiger partial charge in [-0.15, -0.1) is 0 Å². The van der Waals surface area contributed by atoms with Crippen molar-refractivity contribution in [3.8, 4) is 5.75 Å². The maximum atomic E-state index is 10.2. The van der Waals surface area contributed by atoms with Gasteiger partial charge in [-0.25, -0.2) is 0 Å². The standard InChI is InChI=1S/C14H15NO2/c1-9-3-2-4-10(7-9)14(17)12-8-11(16)5-6-13(12)15/h2-8,14,16-17H,15H2,1H3. The molecule has 4 N–H and O–H groups in total. The van der Waals surface area contributed by atoms with E-state index in [-0.39, 0.29) is 5.75 Å². The zero-order chi connectivity index (χ0) is 12.4. The summed E-state index contributed by atoms with van der Waals surface area (Å²) < 4.78 is 0. The molecule has 2 aromatic carbocycles. The number of aliphatic hydroxyl groups is 1. The monoisotopic (exact) mass is 229 g/mol. The van der Waals surface area contributed by atoms with Crippen LogP contribution >= 0.6 is 0 Å². The van der Waals surface area contributed by atoms with Gasteiger partial charge in [-0.05, 0) is 30.7 Å². The highest BCUT2D eigenvalue weighted by atomic mass is 16.3. The van der Waals surface area contributed by atoms with Gasteiger partial charge in [-0.2, -0.15) is 0 Å². The van der Waals surface area contributed by atoms with Crippen molar-refractivity contribution in [2.75, 3.05) is 5.73 Å². The highest BCUT2D eigenvalue weighted by Gasteiger charge is 2.14. The van der Waals surface area contributed by atoms with Crippen LogP contribution in [0.5, 0.6) is 5.75 Å². The van der Waals surface area contributed by atoms with Crippen molar-refractivity contribution in [1.82, 2.24) is 0 Å². The Kier molecular flexibility index (Phi) is 3.02. The number of aryl methyl sites for hydroxylation is 1. The van der Waals surface area contributed by atoms with E-state index < -0.39 is 6.10 Å². The summed E-state index contributed by atoms with van der Waals surface area (Å²) in [6.07, 6.45) is -0.818. The quantitative estimate of drug-likeness (QED) is 0.547. The van der Waals surface area contributed by atoms with Gasteiger partial charge in [-0.1, -0.05) is 29.8 Å². The molecule has 3 heteroatoms. The summed E-state index contributed by atoms with van der Waals surface area (Å²) in [4.78, 5) is 0.